The molecule has 16 heavy (non-hydrogen) atoms. The maximum absolute atomic E-state index is 10.7. The Balaban J connectivity index is 2.41. The van der Waals surface area contributed by atoms with Gasteiger partial charge in [0.15, 0.2) is 0 Å². The first-order valence-corrected chi connectivity index (χ1v) is 6.32. The Morgan fingerprint density at radius 1 is 1.50 bits per heavy atom. The highest BCUT2D eigenvalue weighted by molar-refractivity contribution is 7.88. The number of anilines is 1. The molecule has 1 heterocycles. The normalized spacial score (nSPS) is 10.8. The molecule has 0 aliphatic carbocycles. The van der Waals surface area contributed by atoms with Crippen LogP contribution in [0.15, 0.2) is 12.3 Å². The first-order valence-electron chi connectivity index (χ1n) is 4.43. The fourth-order valence-electron chi connectivity index (χ4n) is 0.917. The van der Waals surface area contributed by atoms with Crippen LogP contribution in [-0.4, -0.2) is 37.7 Å². The van der Waals surface area contributed by atoms with Crippen LogP contribution in [0.4, 0.5) is 5.95 Å². The van der Waals surface area contributed by atoms with Gasteiger partial charge < -0.3 is 5.32 Å². The Bertz CT molecular complexity index is 493. The first-order chi connectivity index (χ1) is 7.51. The topological polar surface area (TPSA) is 108 Å². The van der Waals surface area contributed by atoms with Gasteiger partial charge in [-0.3, -0.25) is 0 Å². The van der Waals surface area contributed by atoms with E-state index in [0.717, 1.165) is 6.26 Å². The van der Waals surface area contributed by atoms with E-state index in [1.165, 1.54) is 12.3 Å². The largest absolute Gasteiger partial charge is 0.353 e. The van der Waals surface area contributed by atoms with Crippen LogP contribution >= 0.6 is 0 Å². The molecular weight excluding hydrogens is 230 g/mol. The van der Waals surface area contributed by atoms with E-state index in [1.807, 2.05) is 6.07 Å². The third kappa shape index (κ3) is 4.68. The smallest absolute Gasteiger partial charge is 0.223 e. The van der Waals surface area contributed by atoms with Crippen LogP contribution in [0.3, 0.4) is 0 Å². The first kappa shape index (κ1) is 12.4. The summed E-state index contributed by atoms with van der Waals surface area (Å²) in [5.41, 5.74) is 0.258. The standard InChI is InChI=1S/C8H11N5O2S/c1-16(14,15)12-5-4-11-8-10-3-2-7(6-9)13-8/h2-3,12H,4-5H2,1H3,(H,10,11,13). The lowest BCUT2D eigenvalue weighted by atomic mass is 10.4. The lowest BCUT2D eigenvalue weighted by molar-refractivity contribution is 0.589. The molecule has 1 rings (SSSR count). The Hall–Kier alpha value is -1.72. The minimum absolute atomic E-state index is 0.235. The van der Waals surface area contributed by atoms with Gasteiger partial charge in [0, 0.05) is 19.3 Å². The van der Waals surface area contributed by atoms with Crippen LogP contribution in [0.25, 0.3) is 0 Å². The number of nitriles is 1. The molecule has 0 spiro atoms. The van der Waals surface area contributed by atoms with Crippen molar-refractivity contribution in [3.8, 4) is 6.07 Å². The van der Waals surface area contributed by atoms with Crippen molar-refractivity contribution in [2.75, 3.05) is 24.7 Å². The molecule has 0 fully saturated rings. The highest BCUT2D eigenvalue weighted by Crippen LogP contribution is 1.97. The van der Waals surface area contributed by atoms with Gasteiger partial charge in [0.2, 0.25) is 16.0 Å². The number of sulfonamides is 1. The Kier molecular flexibility index (Phi) is 4.16. The zero-order valence-electron chi connectivity index (χ0n) is 8.64. The van der Waals surface area contributed by atoms with Gasteiger partial charge in [0.1, 0.15) is 11.8 Å². The molecule has 0 saturated heterocycles. The number of hydrogen-bond acceptors (Lipinski definition) is 6. The molecule has 0 saturated carbocycles. The van der Waals surface area contributed by atoms with Gasteiger partial charge in [-0.2, -0.15) is 5.26 Å². The Morgan fingerprint density at radius 2 is 2.25 bits per heavy atom. The van der Waals surface area contributed by atoms with E-state index >= 15 is 0 Å². The minimum atomic E-state index is -3.17. The van der Waals surface area contributed by atoms with Crippen molar-refractivity contribution in [2.45, 2.75) is 0 Å². The van der Waals surface area contributed by atoms with E-state index in [1.54, 1.807) is 0 Å². The molecule has 0 aliphatic rings. The molecule has 1 aromatic rings. The summed E-state index contributed by atoms with van der Waals surface area (Å²) in [6.07, 6.45) is 2.54. The summed E-state index contributed by atoms with van der Waals surface area (Å²) in [4.78, 5) is 7.74. The summed E-state index contributed by atoms with van der Waals surface area (Å²) in [5, 5.41) is 11.4. The average molecular weight is 241 g/mol. The summed E-state index contributed by atoms with van der Waals surface area (Å²) in [6, 6.07) is 3.37. The van der Waals surface area contributed by atoms with Crippen molar-refractivity contribution >= 4 is 16.0 Å². The maximum Gasteiger partial charge on any atom is 0.223 e. The van der Waals surface area contributed by atoms with Crippen molar-refractivity contribution in [1.82, 2.24) is 14.7 Å². The molecule has 0 aliphatic heterocycles. The van der Waals surface area contributed by atoms with Crippen LogP contribution in [-0.2, 0) is 10.0 Å². The fourth-order valence-corrected chi connectivity index (χ4v) is 1.39. The van der Waals surface area contributed by atoms with Crippen molar-refractivity contribution in [3.63, 3.8) is 0 Å². The molecule has 0 aromatic carbocycles. The quantitative estimate of drug-likeness (QED) is 0.660. The van der Waals surface area contributed by atoms with E-state index in [2.05, 4.69) is 20.0 Å². The zero-order valence-corrected chi connectivity index (χ0v) is 9.45. The number of nitrogens with one attached hydrogen (secondary N) is 2. The lowest BCUT2D eigenvalue weighted by Gasteiger charge is -2.04. The van der Waals surface area contributed by atoms with Gasteiger partial charge in [0.25, 0.3) is 0 Å². The van der Waals surface area contributed by atoms with E-state index in [0.29, 0.717) is 12.5 Å². The average Bonchev–Trinajstić information content (AvgIpc) is 2.23. The highest BCUT2D eigenvalue weighted by atomic mass is 32.2. The molecular formula is C8H11N5O2S. The van der Waals surface area contributed by atoms with Crippen LogP contribution in [0, 0.1) is 11.3 Å². The highest BCUT2D eigenvalue weighted by Gasteiger charge is 2.00. The monoisotopic (exact) mass is 241 g/mol. The molecule has 0 unspecified atom stereocenters. The third-order valence-electron chi connectivity index (χ3n) is 1.54. The number of nitrogens with zero attached hydrogens (tertiary/aromatic N) is 3. The van der Waals surface area contributed by atoms with Gasteiger partial charge in [-0.1, -0.05) is 0 Å². The van der Waals surface area contributed by atoms with Crippen LogP contribution in [0.1, 0.15) is 5.69 Å². The van der Waals surface area contributed by atoms with Crippen molar-refractivity contribution in [1.29, 1.82) is 5.26 Å². The van der Waals surface area contributed by atoms with Crippen LogP contribution in [0.5, 0.6) is 0 Å². The van der Waals surface area contributed by atoms with Crippen LogP contribution < -0.4 is 10.0 Å². The number of rotatable bonds is 5. The second kappa shape index (κ2) is 5.39. The second-order valence-electron chi connectivity index (χ2n) is 2.97. The number of aromatic nitrogens is 2. The second-order valence-corrected chi connectivity index (χ2v) is 4.80. The molecule has 0 bridgehead atoms. The predicted octanol–water partition coefficient (Wildman–Crippen LogP) is -0.691. The van der Waals surface area contributed by atoms with Crippen LogP contribution in [0.2, 0.25) is 0 Å². The van der Waals surface area contributed by atoms with E-state index in [-0.39, 0.29) is 12.2 Å². The molecule has 1 aromatic heterocycles. The Labute approximate surface area is 93.6 Å². The van der Waals surface area contributed by atoms with Gasteiger partial charge in [-0.15, -0.1) is 0 Å². The molecule has 8 heteroatoms. The number of hydrogen-bond donors (Lipinski definition) is 2. The van der Waals surface area contributed by atoms with Gasteiger partial charge in [-0.25, -0.2) is 23.1 Å². The van der Waals surface area contributed by atoms with E-state index < -0.39 is 10.0 Å². The van der Waals surface area contributed by atoms with Gasteiger partial charge in [-0.05, 0) is 6.07 Å². The van der Waals surface area contributed by atoms with E-state index in [9.17, 15) is 8.42 Å². The minimum Gasteiger partial charge on any atom is -0.353 e. The molecule has 86 valence electrons. The summed E-state index contributed by atoms with van der Waals surface area (Å²) < 4.78 is 23.8. The van der Waals surface area contributed by atoms with Crippen molar-refractivity contribution in [3.05, 3.63) is 18.0 Å². The molecule has 7 nitrogen and oxygen atoms in total. The molecule has 2 N–H and O–H groups in total. The Morgan fingerprint density at radius 3 is 2.88 bits per heavy atom. The maximum atomic E-state index is 10.7. The molecule has 0 amide bonds. The van der Waals surface area contributed by atoms with Gasteiger partial charge >= 0.3 is 0 Å². The van der Waals surface area contributed by atoms with E-state index in [4.69, 9.17) is 5.26 Å². The summed E-state index contributed by atoms with van der Waals surface area (Å²) >= 11 is 0. The van der Waals surface area contributed by atoms with Crippen molar-refractivity contribution < 1.29 is 8.42 Å². The SMILES string of the molecule is CS(=O)(=O)NCCNc1nccc(C#N)n1. The third-order valence-corrected chi connectivity index (χ3v) is 2.27. The molecule has 0 radical (unpaired) electrons. The lowest BCUT2D eigenvalue weighted by Crippen LogP contribution is -2.28. The zero-order chi connectivity index (χ0) is 12.0. The van der Waals surface area contributed by atoms with Crippen molar-refractivity contribution in [2.24, 2.45) is 0 Å². The fraction of sp³-hybridized carbons (Fsp3) is 0.375. The molecule has 0 atom stereocenters. The summed E-state index contributed by atoms with van der Waals surface area (Å²) in [7, 11) is -3.17. The predicted molar refractivity (Wildman–Crippen MR) is 58.1 cm³/mol. The van der Waals surface area contributed by atoms with Gasteiger partial charge in [0.05, 0.1) is 6.26 Å². The summed E-state index contributed by atoms with van der Waals surface area (Å²) in [5.74, 6) is 0.300. The summed E-state index contributed by atoms with van der Waals surface area (Å²) in [6.45, 7) is 0.584.